The first-order valence-electron chi connectivity index (χ1n) is 5.92. The first-order valence-corrected chi connectivity index (χ1v) is 6.71. The van der Waals surface area contributed by atoms with Crippen LogP contribution in [0.25, 0.3) is 0 Å². The van der Waals surface area contributed by atoms with Crippen LogP contribution in [0.2, 0.25) is 0 Å². The molecule has 0 atom stereocenters. The molecular weight excluding hydrogens is 315 g/mol. The van der Waals surface area contributed by atoms with Crippen LogP contribution < -0.4 is 10.1 Å². The van der Waals surface area contributed by atoms with Gasteiger partial charge >= 0.3 is 0 Å². The van der Waals surface area contributed by atoms with Crippen molar-refractivity contribution in [3.8, 4) is 5.75 Å². The highest BCUT2D eigenvalue weighted by molar-refractivity contribution is 9.10. The number of benzene rings is 1. The number of halogens is 2. The molecule has 4 nitrogen and oxygen atoms in total. The van der Waals surface area contributed by atoms with Crippen LogP contribution in [-0.4, -0.2) is 11.7 Å². The number of aromatic nitrogens is 1. The second kappa shape index (κ2) is 6.68. The second-order valence-corrected chi connectivity index (χ2v) is 4.78. The fourth-order valence-corrected chi connectivity index (χ4v) is 1.84. The van der Waals surface area contributed by atoms with Crippen molar-refractivity contribution in [1.29, 1.82) is 0 Å². The summed E-state index contributed by atoms with van der Waals surface area (Å²) in [7, 11) is 0. The topological polar surface area (TPSA) is 47.3 Å². The molecule has 0 aliphatic rings. The summed E-state index contributed by atoms with van der Waals surface area (Å²) < 4.78 is 24.0. The molecule has 0 aliphatic heterocycles. The maximum absolute atomic E-state index is 13.0. The molecule has 0 amide bonds. The van der Waals surface area contributed by atoms with E-state index in [4.69, 9.17) is 9.26 Å². The van der Waals surface area contributed by atoms with E-state index >= 15 is 0 Å². The van der Waals surface area contributed by atoms with Crippen molar-refractivity contribution in [2.45, 2.75) is 20.1 Å². The number of rotatable bonds is 6. The zero-order valence-corrected chi connectivity index (χ0v) is 12.0. The van der Waals surface area contributed by atoms with E-state index in [9.17, 15) is 4.39 Å². The van der Waals surface area contributed by atoms with E-state index in [1.54, 1.807) is 12.1 Å². The van der Waals surface area contributed by atoms with Gasteiger partial charge in [-0.15, -0.1) is 0 Å². The van der Waals surface area contributed by atoms with E-state index in [1.165, 1.54) is 6.07 Å². The van der Waals surface area contributed by atoms with Crippen LogP contribution >= 0.6 is 15.9 Å². The first kappa shape index (κ1) is 14.0. The van der Waals surface area contributed by atoms with Crippen LogP contribution in [0.5, 0.6) is 5.75 Å². The highest BCUT2D eigenvalue weighted by atomic mass is 79.9. The van der Waals surface area contributed by atoms with Crippen LogP contribution in [0.4, 0.5) is 4.39 Å². The van der Waals surface area contributed by atoms with E-state index in [0.717, 1.165) is 12.2 Å². The van der Waals surface area contributed by atoms with E-state index in [2.05, 4.69) is 26.4 Å². The van der Waals surface area contributed by atoms with Gasteiger partial charge in [-0.05, 0) is 40.7 Å². The molecule has 1 aromatic heterocycles. The van der Waals surface area contributed by atoms with Crippen LogP contribution in [0.3, 0.4) is 0 Å². The molecule has 1 N–H and O–H groups in total. The summed E-state index contributed by atoms with van der Waals surface area (Å²) in [5.74, 6) is 0.881. The Hall–Kier alpha value is -1.40. The lowest BCUT2D eigenvalue weighted by atomic mass is 10.3. The Balaban J connectivity index is 1.91. The lowest BCUT2D eigenvalue weighted by molar-refractivity contribution is 0.248. The SMILES string of the molecule is CCNCc1cc(COc2ccc(F)c(Br)c2)on1. The van der Waals surface area contributed by atoms with Gasteiger partial charge < -0.3 is 14.6 Å². The Morgan fingerprint density at radius 3 is 3.00 bits per heavy atom. The molecule has 1 aromatic carbocycles. The van der Waals surface area contributed by atoms with Crippen LogP contribution in [-0.2, 0) is 13.2 Å². The maximum atomic E-state index is 13.0. The van der Waals surface area contributed by atoms with Gasteiger partial charge in [0.2, 0.25) is 0 Å². The minimum atomic E-state index is -0.319. The van der Waals surface area contributed by atoms with Gasteiger partial charge in [0.15, 0.2) is 5.76 Å². The Morgan fingerprint density at radius 2 is 2.26 bits per heavy atom. The third kappa shape index (κ3) is 4.04. The van der Waals surface area contributed by atoms with E-state index in [1.807, 2.05) is 13.0 Å². The third-order valence-corrected chi connectivity index (χ3v) is 3.04. The standard InChI is InChI=1S/C13H14BrFN2O2/c1-2-16-7-9-5-11(19-17-9)8-18-10-3-4-13(15)12(14)6-10/h3-6,16H,2,7-8H2,1H3. The van der Waals surface area contributed by atoms with Gasteiger partial charge in [0.05, 0.1) is 10.2 Å². The smallest absolute Gasteiger partial charge is 0.174 e. The average molecular weight is 329 g/mol. The van der Waals surface area contributed by atoms with Crippen molar-refractivity contribution >= 4 is 15.9 Å². The molecule has 1 heterocycles. The van der Waals surface area contributed by atoms with Gasteiger partial charge in [0.25, 0.3) is 0 Å². The van der Waals surface area contributed by atoms with Crippen molar-refractivity contribution in [1.82, 2.24) is 10.5 Å². The molecule has 0 unspecified atom stereocenters. The van der Waals surface area contributed by atoms with Crippen LogP contribution in [0.1, 0.15) is 18.4 Å². The molecule has 0 bridgehead atoms. The molecule has 19 heavy (non-hydrogen) atoms. The summed E-state index contributed by atoms with van der Waals surface area (Å²) in [6.07, 6.45) is 0. The quantitative estimate of drug-likeness (QED) is 0.884. The van der Waals surface area contributed by atoms with Crippen molar-refractivity contribution < 1.29 is 13.7 Å². The van der Waals surface area contributed by atoms with Gasteiger partial charge in [-0.3, -0.25) is 0 Å². The molecule has 0 fully saturated rings. The fourth-order valence-electron chi connectivity index (χ4n) is 1.48. The van der Waals surface area contributed by atoms with Crippen molar-refractivity contribution in [3.63, 3.8) is 0 Å². The highest BCUT2D eigenvalue weighted by Gasteiger charge is 2.06. The molecule has 2 aromatic rings. The molecule has 0 aliphatic carbocycles. The molecule has 6 heteroatoms. The Kier molecular flexibility index (Phi) is 4.93. The predicted octanol–water partition coefficient (Wildman–Crippen LogP) is 3.26. The molecule has 0 radical (unpaired) electrons. The van der Waals surface area contributed by atoms with Gasteiger partial charge in [-0.25, -0.2) is 4.39 Å². The fraction of sp³-hybridized carbons (Fsp3) is 0.308. The maximum Gasteiger partial charge on any atom is 0.174 e. The molecule has 0 saturated heterocycles. The van der Waals surface area contributed by atoms with Gasteiger partial charge in [-0.2, -0.15) is 0 Å². The predicted molar refractivity (Wildman–Crippen MR) is 72.3 cm³/mol. The molecular formula is C13H14BrFN2O2. The largest absolute Gasteiger partial charge is 0.486 e. The number of hydrogen-bond donors (Lipinski definition) is 1. The zero-order valence-electron chi connectivity index (χ0n) is 10.5. The summed E-state index contributed by atoms with van der Waals surface area (Å²) in [6.45, 7) is 3.83. The van der Waals surface area contributed by atoms with E-state index in [0.29, 0.717) is 22.5 Å². The molecule has 0 spiro atoms. The Morgan fingerprint density at radius 1 is 1.42 bits per heavy atom. The highest BCUT2D eigenvalue weighted by Crippen LogP contribution is 2.22. The lowest BCUT2D eigenvalue weighted by Gasteiger charge is -2.04. The number of hydrogen-bond acceptors (Lipinski definition) is 4. The zero-order chi connectivity index (χ0) is 13.7. The second-order valence-electron chi connectivity index (χ2n) is 3.93. The first-order chi connectivity index (χ1) is 9.19. The minimum absolute atomic E-state index is 0.261. The van der Waals surface area contributed by atoms with Gasteiger partial charge in [-0.1, -0.05) is 12.1 Å². The van der Waals surface area contributed by atoms with Crippen LogP contribution in [0, 0.1) is 5.82 Å². The summed E-state index contributed by atoms with van der Waals surface area (Å²) >= 11 is 3.11. The summed E-state index contributed by atoms with van der Waals surface area (Å²) in [4.78, 5) is 0. The summed E-state index contributed by atoms with van der Waals surface area (Å²) in [6, 6.07) is 6.32. The Labute approximate surface area is 119 Å². The third-order valence-electron chi connectivity index (χ3n) is 2.44. The average Bonchev–Trinajstić information content (AvgIpc) is 2.86. The van der Waals surface area contributed by atoms with Gasteiger partial charge in [0, 0.05) is 12.6 Å². The summed E-state index contributed by atoms with van der Waals surface area (Å²) in [5.41, 5.74) is 0.834. The van der Waals surface area contributed by atoms with Crippen molar-refractivity contribution in [2.75, 3.05) is 6.54 Å². The van der Waals surface area contributed by atoms with E-state index < -0.39 is 0 Å². The number of nitrogens with zero attached hydrogens (tertiary/aromatic N) is 1. The monoisotopic (exact) mass is 328 g/mol. The number of nitrogens with one attached hydrogen (secondary N) is 1. The molecule has 0 saturated carbocycles. The molecule has 2 rings (SSSR count). The van der Waals surface area contributed by atoms with Crippen LogP contribution in [0.15, 0.2) is 33.3 Å². The molecule has 102 valence electrons. The van der Waals surface area contributed by atoms with E-state index in [-0.39, 0.29) is 12.4 Å². The normalized spacial score (nSPS) is 10.7. The van der Waals surface area contributed by atoms with Crippen molar-refractivity contribution in [3.05, 3.63) is 46.0 Å². The van der Waals surface area contributed by atoms with Gasteiger partial charge in [0.1, 0.15) is 18.2 Å². The minimum Gasteiger partial charge on any atom is -0.486 e. The summed E-state index contributed by atoms with van der Waals surface area (Å²) in [5, 5.41) is 7.07. The van der Waals surface area contributed by atoms with Crippen molar-refractivity contribution in [2.24, 2.45) is 0 Å². The Bertz CT molecular complexity index is 545. The number of ether oxygens (including phenoxy) is 1. The lowest BCUT2D eigenvalue weighted by Crippen LogP contribution is -2.11.